The summed E-state index contributed by atoms with van der Waals surface area (Å²) in [6.45, 7) is 3.90. The predicted molar refractivity (Wildman–Crippen MR) is 84.7 cm³/mol. The molecule has 2 rings (SSSR count). The highest BCUT2D eigenvalue weighted by molar-refractivity contribution is 7.89. The van der Waals surface area contributed by atoms with E-state index >= 15 is 0 Å². The predicted octanol–water partition coefficient (Wildman–Crippen LogP) is 0.526. The SMILES string of the molecule is C=CC(=O)NC[C@H]1CN(S(=O)(=O)c2ccc(OC)c(F)c2)CCO1. The van der Waals surface area contributed by atoms with Crippen LogP contribution in [0.1, 0.15) is 0 Å². The summed E-state index contributed by atoms with van der Waals surface area (Å²) in [7, 11) is -2.56. The van der Waals surface area contributed by atoms with Gasteiger partial charge in [0.05, 0.1) is 24.7 Å². The first-order chi connectivity index (χ1) is 11.4. The smallest absolute Gasteiger partial charge is 0.243 e. The van der Waals surface area contributed by atoms with E-state index in [0.29, 0.717) is 0 Å². The van der Waals surface area contributed by atoms with Crippen molar-refractivity contribution in [3.05, 3.63) is 36.7 Å². The molecule has 0 aromatic heterocycles. The van der Waals surface area contributed by atoms with Crippen LogP contribution in [0.25, 0.3) is 0 Å². The van der Waals surface area contributed by atoms with Crippen molar-refractivity contribution in [1.29, 1.82) is 0 Å². The van der Waals surface area contributed by atoms with Gasteiger partial charge in [0.25, 0.3) is 0 Å². The summed E-state index contributed by atoms with van der Waals surface area (Å²) in [5.74, 6) is -1.14. The second kappa shape index (κ2) is 7.73. The number of ether oxygens (including phenoxy) is 2. The van der Waals surface area contributed by atoms with Crippen LogP contribution in [0.15, 0.2) is 35.7 Å². The minimum Gasteiger partial charge on any atom is -0.494 e. The third-order valence-corrected chi connectivity index (χ3v) is 5.41. The molecule has 1 amide bonds. The second-order valence-corrected chi connectivity index (χ2v) is 7.04. The zero-order chi connectivity index (χ0) is 17.7. The van der Waals surface area contributed by atoms with Gasteiger partial charge in [0.15, 0.2) is 11.6 Å². The third kappa shape index (κ3) is 4.11. The number of morpholine rings is 1. The molecule has 1 N–H and O–H groups in total. The van der Waals surface area contributed by atoms with Gasteiger partial charge in [-0.05, 0) is 24.3 Å². The molecule has 1 aromatic carbocycles. The monoisotopic (exact) mass is 358 g/mol. The van der Waals surface area contributed by atoms with E-state index in [-0.39, 0.29) is 42.8 Å². The van der Waals surface area contributed by atoms with Gasteiger partial charge in [0.2, 0.25) is 15.9 Å². The lowest BCUT2D eigenvalue weighted by molar-refractivity contribution is -0.117. The summed E-state index contributed by atoms with van der Waals surface area (Å²) in [4.78, 5) is 11.0. The number of rotatable bonds is 6. The van der Waals surface area contributed by atoms with Gasteiger partial charge >= 0.3 is 0 Å². The van der Waals surface area contributed by atoms with E-state index in [1.807, 2.05) is 0 Å². The number of amides is 1. The van der Waals surface area contributed by atoms with Crippen LogP contribution in [-0.2, 0) is 19.6 Å². The standard InChI is InChI=1S/C15H19FN2O5S/c1-3-15(19)17-9-11-10-18(6-7-23-11)24(20,21)12-4-5-14(22-2)13(16)8-12/h3-5,8,11H,1,6-7,9-10H2,2H3,(H,17,19)/t11-/m0/s1. The molecular formula is C15H19FN2O5S. The average Bonchev–Trinajstić information content (AvgIpc) is 2.59. The van der Waals surface area contributed by atoms with E-state index in [0.717, 1.165) is 12.1 Å². The maximum Gasteiger partial charge on any atom is 0.243 e. The van der Waals surface area contributed by atoms with Crippen LogP contribution < -0.4 is 10.1 Å². The fourth-order valence-corrected chi connectivity index (χ4v) is 3.75. The summed E-state index contributed by atoms with van der Waals surface area (Å²) in [5.41, 5.74) is 0. The summed E-state index contributed by atoms with van der Waals surface area (Å²) < 4.78 is 50.5. The number of sulfonamides is 1. The highest BCUT2D eigenvalue weighted by Crippen LogP contribution is 2.24. The van der Waals surface area contributed by atoms with Crippen molar-refractivity contribution < 1.29 is 27.1 Å². The highest BCUT2D eigenvalue weighted by atomic mass is 32.2. The molecule has 9 heteroatoms. The van der Waals surface area contributed by atoms with Crippen molar-refractivity contribution >= 4 is 15.9 Å². The summed E-state index contributed by atoms with van der Waals surface area (Å²) >= 11 is 0. The fraction of sp³-hybridized carbons (Fsp3) is 0.400. The van der Waals surface area contributed by atoms with Crippen LogP contribution in [0.4, 0.5) is 4.39 Å². The maximum absolute atomic E-state index is 13.8. The molecule has 1 fully saturated rings. The van der Waals surface area contributed by atoms with Crippen molar-refractivity contribution in [2.24, 2.45) is 0 Å². The molecule has 24 heavy (non-hydrogen) atoms. The van der Waals surface area contributed by atoms with Crippen molar-refractivity contribution in [2.45, 2.75) is 11.0 Å². The number of hydrogen-bond acceptors (Lipinski definition) is 5. The van der Waals surface area contributed by atoms with Crippen LogP contribution in [0, 0.1) is 5.82 Å². The zero-order valence-corrected chi connectivity index (χ0v) is 14.0. The lowest BCUT2D eigenvalue weighted by Gasteiger charge is -2.32. The minimum atomic E-state index is -3.86. The molecule has 0 saturated carbocycles. The number of hydrogen-bond donors (Lipinski definition) is 1. The second-order valence-electron chi connectivity index (χ2n) is 5.10. The molecule has 1 aliphatic rings. The Morgan fingerprint density at radius 1 is 1.58 bits per heavy atom. The molecule has 0 aliphatic carbocycles. The molecule has 1 saturated heterocycles. The summed E-state index contributed by atoms with van der Waals surface area (Å²) in [6.07, 6.45) is 0.637. The van der Waals surface area contributed by atoms with E-state index in [1.165, 1.54) is 23.5 Å². The molecule has 7 nitrogen and oxygen atoms in total. The van der Waals surface area contributed by atoms with E-state index in [1.54, 1.807) is 0 Å². The van der Waals surface area contributed by atoms with Gasteiger partial charge in [0, 0.05) is 19.6 Å². The number of halogens is 1. The molecular weight excluding hydrogens is 339 g/mol. The molecule has 0 spiro atoms. The Kier molecular flexibility index (Phi) is 5.92. The maximum atomic E-state index is 13.8. The Morgan fingerprint density at radius 2 is 2.33 bits per heavy atom. The first kappa shape index (κ1) is 18.4. The van der Waals surface area contributed by atoms with Gasteiger partial charge in [-0.15, -0.1) is 0 Å². The van der Waals surface area contributed by atoms with E-state index in [2.05, 4.69) is 11.9 Å². The number of nitrogens with one attached hydrogen (secondary N) is 1. The number of nitrogens with zero attached hydrogens (tertiary/aromatic N) is 1. The van der Waals surface area contributed by atoms with Crippen molar-refractivity contribution in [3.8, 4) is 5.75 Å². The molecule has 0 bridgehead atoms. The highest BCUT2D eigenvalue weighted by Gasteiger charge is 2.31. The Hall–Kier alpha value is -1.97. The fourth-order valence-electron chi connectivity index (χ4n) is 2.28. The lowest BCUT2D eigenvalue weighted by Crippen LogP contribution is -2.49. The normalized spacial score (nSPS) is 18.8. The number of methoxy groups -OCH3 is 1. The third-order valence-electron chi connectivity index (χ3n) is 3.55. The molecule has 1 atom stereocenters. The quantitative estimate of drug-likeness (QED) is 0.750. The zero-order valence-electron chi connectivity index (χ0n) is 13.2. The first-order valence-corrected chi connectivity index (χ1v) is 8.68. The van der Waals surface area contributed by atoms with Gasteiger partial charge < -0.3 is 14.8 Å². The van der Waals surface area contributed by atoms with E-state index < -0.39 is 21.9 Å². The Balaban J connectivity index is 2.12. The largest absolute Gasteiger partial charge is 0.494 e. The number of carbonyl (C=O) groups is 1. The average molecular weight is 358 g/mol. The Bertz CT molecular complexity index is 723. The number of benzene rings is 1. The molecule has 132 valence electrons. The van der Waals surface area contributed by atoms with Crippen LogP contribution in [0.5, 0.6) is 5.75 Å². The molecule has 0 unspecified atom stereocenters. The topological polar surface area (TPSA) is 84.9 Å². The Labute approximate surface area is 140 Å². The van der Waals surface area contributed by atoms with Crippen molar-refractivity contribution in [3.63, 3.8) is 0 Å². The van der Waals surface area contributed by atoms with Crippen LogP contribution in [-0.4, -0.2) is 58.1 Å². The molecule has 1 aromatic rings. The van der Waals surface area contributed by atoms with E-state index in [9.17, 15) is 17.6 Å². The lowest BCUT2D eigenvalue weighted by atomic mass is 10.3. The summed E-state index contributed by atoms with van der Waals surface area (Å²) in [5, 5.41) is 2.56. The van der Waals surface area contributed by atoms with Crippen molar-refractivity contribution in [1.82, 2.24) is 9.62 Å². The van der Waals surface area contributed by atoms with Crippen molar-refractivity contribution in [2.75, 3.05) is 33.4 Å². The van der Waals surface area contributed by atoms with Gasteiger partial charge in [-0.2, -0.15) is 4.31 Å². The minimum absolute atomic E-state index is 0.0269. The van der Waals surface area contributed by atoms with Gasteiger partial charge in [0.1, 0.15) is 0 Å². The first-order valence-electron chi connectivity index (χ1n) is 7.24. The Morgan fingerprint density at radius 3 is 2.96 bits per heavy atom. The van der Waals surface area contributed by atoms with Crippen LogP contribution in [0.3, 0.4) is 0 Å². The van der Waals surface area contributed by atoms with Gasteiger partial charge in [-0.3, -0.25) is 4.79 Å². The van der Waals surface area contributed by atoms with Gasteiger partial charge in [-0.1, -0.05) is 6.58 Å². The number of carbonyl (C=O) groups excluding carboxylic acids is 1. The van der Waals surface area contributed by atoms with Crippen LogP contribution in [0.2, 0.25) is 0 Å². The van der Waals surface area contributed by atoms with E-state index in [4.69, 9.17) is 9.47 Å². The molecule has 1 heterocycles. The molecule has 1 aliphatic heterocycles. The van der Waals surface area contributed by atoms with Crippen LogP contribution >= 0.6 is 0 Å². The molecule has 0 radical (unpaired) electrons. The summed E-state index contributed by atoms with van der Waals surface area (Å²) in [6, 6.07) is 3.49. The van der Waals surface area contributed by atoms with Gasteiger partial charge in [-0.25, -0.2) is 12.8 Å².